The molecular formula is C5H11ClF2NO2PS. The normalized spacial score (nSPS) is 17.0. The molecule has 0 aromatic heterocycles. The highest BCUT2D eigenvalue weighted by atomic mass is 35.5. The van der Waals surface area contributed by atoms with E-state index >= 15 is 0 Å². The molecule has 8 heteroatoms. The molecule has 0 fully saturated rings. The van der Waals surface area contributed by atoms with E-state index in [1.54, 1.807) is 6.92 Å². The summed E-state index contributed by atoms with van der Waals surface area (Å²) in [6.45, 7) is -0.986. The fourth-order valence-electron chi connectivity index (χ4n) is 0.528. The topological polar surface area (TPSA) is 30.5 Å². The third-order valence-corrected chi connectivity index (χ3v) is 4.06. The highest BCUT2D eigenvalue weighted by molar-refractivity contribution is 8.08. The number of rotatable bonds is 6. The lowest BCUT2D eigenvalue weighted by molar-refractivity contribution is -0.156. The minimum absolute atomic E-state index is 0.392. The number of alkyl halides is 3. The second-order valence-corrected chi connectivity index (χ2v) is 5.62. The molecule has 13 heavy (non-hydrogen) atoms. The van der Waals surface area contributed by atoms with Gasteiger partial charge in [0.1, 0.15) is 5.88 Å². The average molecular weight is 254 g/mol. The molecule has 0 aromatic rings. The van der Waals surface area contributed by atoms with Gasteiger partial charge in [-0.25, -0.2) is 5.09 Å². The summed E-state index contributed by atoms with van der Waals surface area (Å²) in [6, 6.07) is 0. The van der Waals surface area contributed by atoms with Crippen molar-refractivity contribution in [2.24, 2.45) is 0 Å². The number of hydrogen-bond donors (Lipinski definition) is 1. The van der Waals surface area contributed by atoms with Gasteiger partial charge in [0.05, 0.1) is 0 Å². The molecule has 0 rings (SSSR count). The minimum Gasteiger partial charge on any atom is -0.321 e. The zero-order valence-corrected chi connectivity index (χ0v) is 9.69. The molecule has 0 heterocycles. The zero-order valence-electron chi connectivity index (χ0n) is 7.22. The van der Waals surface area contributed by atoms with Crippen LogP contribution in [0.25, 0.3) is 0 Å². The van der Waals surface area contributed by atoms with Crippen LogP contribution >= 0.6 is 18.2 Å². The van der Waals surface area contributed by atoms with Crippen LogP contribution in [-0.4, -0.2) is 25.6 Å². The molecule has 0 bridgehead atoms. The first-order valence-electron chi connectivity index (χ1n) is 3.44. The van der Waals surface area contributed by atoms with Gasteiger partial charge in [0, 0.05) is 13.7 Å². The fourth-order valence-corrected chi connectivity index (χ4v) is 2.44. The van der Waals surface area contributed by atoms with E-state index in [0.29, 0.717) is 6.54 Å². The van der Waals surface area contributed by atoms with Crippen molar-refractivity contribution in [1.82, 2.24) is 5.09 Å². The lowest BCUT2D eigenvalue weighted by Gasteiger charge is -2.24. The van der Waals surface area contributed by atoms with Gasteiger partial charge in [0.25, 0.3) is 6.64 Å². The van der Waals surface area contributed by atoms with Gasteiger partial charge in [-0.1, -0.05) is 6.92 Å². The Hall–Kier alpha value is 0.680. The smallest absolute Gasteiger partial charge is 0.321 e. The van der Waals surface area contributed by atoms with Crippen molar-refractivity contribution in [3.8, 4) is 0 Å². The van der Waals surface area contributed by atoms with Crippen LogP contribution in [0.3, 0.4) is 0 Å². The van der Waals surface area contributed by atoms with Gasteiger partial charge in [-0.15, -0.1) is 11.6 Å². The monoisotopic (exact) mass is 253 g/mol. The summed E-state index contributed by atoms with van der Waals surface area (Å²) in [5.41, 5.74) is 0. The Morgan fingerprint density at radius 3 is 2.46 bits per heavy atom. The first-order valence-corrected chi connectivity index (χ1v) is 6.62. The molecule has 1 atom stereocenters. The predicted octanol–water partition coefficient (Wildman–Crippen LogP) is 2.32. The molecule has 1 N–H and O–H groups in total. The molecule has 0 saturated heterocycles. The Morgan fingerprint density at radius 2 is 2.15 bits per heavy atom. The largest absolute Gasteiger partial charge is 0.375 e. The van der Waals surface area contributed by atoms with Crippen molar-refractivity contribution in [3.63, 3.8) is 0 Å². The summed E-state index contributed by atoms with van der Waals surface area (Å²) in [7, 11) is 1.22. The summed E-state index contributed by atoms with van der Waals surface area (Å²) in [4.78, 5) is 0. The summed E-state index contributed by atoms with van der Waals surface area (Å²) in [5, 5.41) is 2.54. The van der Waals surface area contributed by atoms with Crippen molar-refractivity contribution in [3.05, 3.63) is 0 Å². The first kappa shape index (κ1) is 13.7. The van der Waals surface area contributed by atoms with Crippen molar-refractivity contribution in [1.29, 1.82) is 0 Å². The average Bonchev–Trinajstić information content (AvgIpc) is 2.04. The van der Waals surface area contributed by atoms with Crippen LogP contribution in [0.1, 0.15) is 6.92 Å². The van der Waals surface area contributed by atoms with Crippen LogP contribution in [0.5, 0.6) is 0 Å². The van der Waals surface area contributed by atoms with Gasteiger partial charge in [-0.2, -0.15) is 8.78 Å². The second kappa shape index (κ2) is 5.53. The highest BCUT2D eigenvalue weighted by Crippen LogP contribution is 2.48. The minimum atomic E-state index is -3.45. The molecule has 3 nitrogen and oxygen atoms in total. The van der Waals surface area contributed by atoms with Crippen LogP contribution in [0.2, 0.25) is 0 Å². The zero-order chi connectivity index (χ0) is 10.5. The SMILES string of the molecule is CCNP(=S)(OC)OC(F)(F)CCl. The number of halogens is 3. The quantitative estimate of drug-likeness (QED) is 0.581. The molecule has 0 aromatic carbocycles. The Balaban J connectivity index is 4.35. The van der Waals surface area contributed by atoms with Gasteiger partial charge in [-0.05, 0) is 11.8 Å². The molecule has 0 amide bonds. The van der Waals surface area contributed by atoms with E-state index in [1.165, 1.54) is 7.11 Å². The van der Waals surface area contributed by atoms with E-state index < -0.39 is 18.6 Å². The van der Waals surface area contributed by atoms with Gasteiger partial charge < -0.3 is 4.52 Å². The van der Waals surface area contributed by atoms with E-state index in [9.17, 15) is 8.78 Å². The van der Waals surface area contributed by atoms with E-state index in [1.807, 2.05) is 0 Å². The van der Waals surface area contributed by atoms with Crippen molar-refractivity contribution >= 4 is 30.1 Å². The van der Waals surface area contributed by atoms with Gasteiger partial charge >= 0.3 is 6.11 Å². The maximum absolute atomic E-state index is 12.6. The first-order chi connectivity index (χ1) is 5.89. The van der Waals surface area contributed by atoms with Crippen molar-refractivity contribution < 1.29 is 17.8 Å². The second-order valence-electron chi connectivity index (χ2n) is 2.05. The summed E-state index contributed by atoms with van der Waals surface area (Å²) >= 11 is 9.70. The summed E-state index contributed by atoms with van der Waals surface area (Å²) < 4.78 is 34.3. The highest BCUT2D eigenvalue weighted by Gasteiger charge is 2.36. The standard InChI is InChI=1S/C5H11ClF2NO2PS/c1-3-9-12(13,10-2)11-5(7,8)4-6/h3-4H2,1-2H3,(H,9,13). The van der Waals surface area contributed by atoms with Crippen molar-refractivity contribution in [2.45, 2.75) is 13.0 Å². The summed E-state index contributed by atoms with van der Waals surface area (Å²) in [6.07, 6.45) is -3.45. The molecule has 80 valence electrons. The predicted molar refractivity (Wildman–Crippen MR) is 51.7 cm³/mol. The van der Waals surface area contributed by atoms with E-state index in [4.69, 9.17) is 23.4 Å². The van der Waals surface area contributed by atoms with Crippen molar-refractivity contribution in [2.75, 3.05) is 19.5 Å². The fraction of sp³-hybridized carbons (Fsp3) is 1.00. The van der Waals surface area contributed by atoms with E-state index in [0.717, 1.165) is 0 Å². The van der Waals surface area contributed by atoms with Crippen LogP contribution in [-0.2, 0) is 20.9 Å². The summed E-state index contributed by atoms with van der Waals surface area (Å²) in [5.74, 6) is -0.944. The van der Waals surface area contributed by atoms with E-state index in [2.05, 4.69) is 14.1 Å². The van der Waals surface area contributed by atoms with Gasteiger partial charge in [0.2, 0.25) is 0 Å². The van der Waals surface area contributed by atoms with Crippen LogP contribution in [0, 0.1) is 0 Å². The molecule has 0 radical (unpaired) electrons. The maximum atomic E-state index is 12.6. The van der Waals surface area contributed by atoms with Crippen LogP contribution < -0.4 is 5.09 Å². The Kier molecular flexibility index (Phi) is 5.82. The van der Waals surface area contributed by atoms with Gasteiger partial charge in [-0.3, -0.25) is 4.52 Å². The van der Waals surface area contributed by atoms with Crippen LogP contribution in [0.15, 0.2) is 0 Å². The van der Waals surface area contributed by atoms with Gasteiger partial charge in [0.15, 0.2) is 0 Å². The third kappa shape index (κ3) is 5.20. The molecule has 0 spiro atoms. The lowest BCUT2D eigenvalue weighted by Crippen LogP contribution is -2.26. The Bertz CT molecular complexity index is 207. The molecule has 1 unspecified atom stereocenters. The lowest BCUT2D eigenvalue weighted by atomic mass is 10.8. The Labute approximate surface area is 86.0 Å². The molecule has 0 aliphatic heterocycles. The van der Waals surface area contributed by atoms with Crippen LogP contribution in [0.4, 0.5) is 8.78 Å². The molecule has 0 aliphatic rings. The number of nitrogens with one attached hydrogen (secondary N) is 1. The van der Waals surface area contributed by atoms with E-state index in [-0.39, 0.29) is 0 Å². The molecule has 0 saturated carbocycles. The third-order valence-electron chi connectivity index (χ3n) is 1.00. The molecular weight excluding hydrogens is 243 g/mol. The maximum Gasteiger partial charge on any atom is 0.375 e. The number of hydrogen-bond acceptors (Lipinski definition) is 3. The molecule has 0 aliphatic carbocycles. The Morgan fingerprint density at radius 1 is 1.62 bits per heavy atom.